The van der Waals surface area contributed by atoms with Crippen molar-refractivity contribution in [2.75, 3.05) is 38.0 Å². The zero-order chi connectivity index (χ0) is 29.9. The number of carbonyl (C=O) groups excluding carboxylic acids is 2. The first-order chi connectivity index (χ1) is 20.1. The molecular weight excluding hydrogens is 532 g/mol. The second-order valence-electron chi connectivity index (χ2n) is 12.4. The molecule has 2 amide bonds. The summed E-state index contributed by atoms with van der Waals surface area (Å²) in [6, 6.07) is 9.22. The Kier molecular flexibility index (Phi) is 9.01. The number of para-hydroxylation sites is 1. The summed E-state index contributed by atoms with van der Waals surface area (Å²) in [6.45, 7) is 13.8. The molecule has 5 rings (SSSR count). The fourth-order valence-corrected chi connectivity index (χ4v) is 5.86. The van der Waals surface area contributed by atoms with Crippen molar-refractivity contribution in [1.29, 1.82) is 0 Å². The zero-order valence-corrected chi connectivity index (χ0v) is 25.6. The second kappa shape index (κ2) is 12.7. The molecule has 226 valence electrons. The summed E-state index contributed by atoms with van der Waals surface area (Å²) in [4.78, 5) is 40.0. The van der Waals surface area contributed by atoms with Gasteiger partial charge in [-0.1, -0.05) is 13.0 Å². The van der Waals surface area contributed by atoms with Gasteiger partial charge in [0.2, 0.25) is 5.95 Å². The minimum absolute atomic E-state index is 0.104. The van der Waals surface area contributed by atoms with Crippen LogP contribution in [0, 0.1) is 6.92 Å². The molecule has 3 aromatic rings. The van der Waals surface area contributed by atoms with Crippen molar-refractivity contribution in [2.24, 2.45) is 0 Å². The molecular formula is C32H44N6O4. The van der Waals surface area contributed by atoms with Crippen LogP contribution in [0.1, 0.15) is 81.9 Å². The highest BCUT2D eigenvalue weighted by atomic mass is 16.6. The third kappa shape index (κ3) is 7.03. The van der Waals surface area contributed by atoms with Gasteiger partial charge in [-0.3, -0.25) is 15.1 Å². The molecule has 0 bridgehead atoms. The van der Waals surface area contributed by atoms with Gasteiger partial charge in [-0.2, -0.15) is 0 Å². The summed E-state index contributed by atoms with van der Waals surface area (Å²) in [7, 11) is 0. The van der Waals surface area contributed by atoms with Gasteiger partial charge < -0.3 is 23.8 Å². The Hall–Kier alpha value is -3.66. The lowest BCUT2D eigenvalue weighted by Crippen LogP contribution is -2.39. The Bertz CT molecular complexity index is 1410. The quantitative estimate of drug-likeness (QED) is 0.395. The van der Waals surface area contributed by atoms with Gasteiger partial charge in [-0.05, 0) is 90.6 Å². The molecule has 4 heterocycles. The van der Waals surface area contributed by atoms with E-state index in [1.54, 1.807) is 23.2 Å². The average Bonchev–Trinajstić information content (AvgIpc) is 3.13. The fraction of sp³-hybridized carbons (Fsp3) is 0.562. The Balaban J connectivity index is 1.53. The van der Waals surface area contributed by atoms with Crippen molar-refractivity contribution in [3.8, 4) is 5.75 Å². The van der Waals surface area contributed by atoms with Crippen LogP contribution >= 0.6 is 0 Å². The minimum atomic E-state index is -0.587. The molecule has 2 saturated heterocycles. The summed E-state index contributed by atoms with van der Waals surface area (Å²) in [6.07, 6.45) is 5.96. The lowest BCUT2D eigenvalue weighted by atomic mass is 10.1. The van der Waals surface area contributed by atoms with Crippen LogP contribution in [-0.4, -0.2) is 80.8 Å². The lowest BCUT2D eigenvalue weighted by Gasteiger charge is -2.32. The number of pyridine rings is 1. The molecule has 0 saturated carbocycles. The van der Waals surface area contributed by atoms with Crippen molar-refractivity contribution in [3.05, 3.63) is 47.8 Å². The Morgan fingerprint density at radius 2 is 1.86 bits per heavy atom. The summed E-state index contributed by atoms with van der Waals surface area (Å²) >= 11 is 0. The van der Waals surface area contributed by atoms with E-state index in [1.165, 1.54) is 0 Å². The van der Waals surface area contributed by atoms with Gasteiger partial charge in [-0.25, -0.2) is 9.78 Å². The fourth-order valence-electron chi connectivity index (χ4n) is 5.86. The molecule has 0 aliphatic carbocycles. The van der Waals surface area contributed by atoms with Gasteiger partial charge in [0.25, 0.3) is 5.91 Å². The van der Waals surface area contributed by atoms with E-state index in [0.29, 0.717) is 24.6 Å². The molecule has 1 N–H and O–H groups in total. The minimum Gasteiger partial charge on any atom is -0.488 e. The molecule has 1 atom stereocenters. The van der Waals surface area contributed by atoms with Crippen LogP contribution in [0.2, 0.25) is 0 Å². The number of aryl methyl sites for hydroxylation is 1. The van der Waals surface area contributed by atoms with Gasteiger partial charge in [0.15, 0.2) is 0 Å². The van der Waals surface area contributed by atoms with E-state index in [0.717, 1.165) is 74.2 Å². The van der Waals surface area contributed by atoms with Crippen LogP contribution in [-0.2, 0) is 4.74 Å². The Morgan fingerprint density at radius 3 is 2.57 bits per heavy atom. The number of ether oxygens (including phenoxy) is 2. The summed E-state index contributed by atoms with van der Waals surface area (Å²) in [5.74, 6) is 0.935. The number of nitrogens with zero attached hydrogens (tertiary/aromatic N) is 5. The maximum atomic E-state index is 13.4. The molecule has 42 heavy (non-hydrogen) atoms. The van der Waals surface area contributed by atoms with Crippen molar-refractivity contribution in [1.82, 2.24) is 24.3 Å². The third-order valence-electron chi connectivity index (χ3n) is 8.00. The summed E-state index contributed by atoms with van der Waals surface area (Å²) < 4.78 is 14.5. The van der Waals surface area contributed by atoms with Gasteiger partial charge >= 0.3 is 6.09 Å². The molecule has 1 aromatic carbocycles. The number of hydrogen-bond donors (Lipinski definition) is 1. The number of imidazole rings is 1. The third-order valence-corrected chi connectivity index (χ3v) is 8.00. The van der Waals surface area contributed by atoms with Gasteiger partial charge in [0, 0.05) is 43.6 Å². The van der Waals surface area contributed by atoms with Crippen molar-refractivity contribution in [2.45, 2.75) is 84.5 Å². The molecule has 0 unspecified atom stereocenters. The Morgan fingerprint density at radius 1 is 1.07 bits per heavy atom. The predicted octanol–water partition coefficient (Wildman–Crippen LogP) is 5.82. The van der Waals surface area contributed by atoms with E-state index in [4.69, 9.17) is 14.5 Å². The smallest absolute Gasteiger partial charge is 0.410 e. The van der Waals surface area contributed by atoms with Gasteiger partial charge in [-0.15, -0.1) is 0 Å². The molecule has 2 aromatic heterocycles. The number of hydrogen-bond acceptors (Lipinski definition) is 7. The zero-order valence-electron chi connectivity index (χ0n) is 25.6. The molecule has 2 aliphatic rings. The molecule has 10 heteroatoms. The van der Waals surface area contributed by atoms with Crippen molar-refractivity contribution < 1.29 is 19.1 Å². The summed E-state index contributed by atoms with van der Waals surface area (Å²) in [5.41, 5.74) is 2.27. The number of fused-ring (bicyclic) bond motifs is 1. The van der Waals surface area contributed by atoms with Crippen molar-refractivity contribution >= 4 is 29.0 Å². The van der Waals surface area contributed by atoms with E-state index in [9.17, 15) is 9.59 Å². The maximum absolute atomic E-state index is 13.4. The van der Waals surface area contributed by atoms with Crippen molar-refractivity contribution in [3.63, 3.8) is 0 Å². The number of carbonyl (C=O) groups is 2. The lowest BCUT2D eigenvalue weighted by molar-refractivity contribution is 0.0238. The first-order valence-electron chi connectivity index (χ1n) is 15.2. The first-order valence-corrected chi connectivity index (χ1v) is 15.2. The average molecular weight is 577 g/mol. The molecule has 0 radical (unpaired) electrons. The number of anilines is 1. The van der Waals surface area contributed by atoms with E-state index in [2.05, 4.69) is 26.7 Å². The van der Waals surface area contributed by atoms with Crippen LogP contribution in [0.5, 0.6) is 5.75 Å². The van der Waals surface area contributed by atoms with E-state index in [1.807, 2.05) is 45.9 Å². The first kappa shape index (κ1) is 29.8. The predicted molar refractivity (Wildman–Crippen MR) is 163 cm³/mol. The van der Waals surface area contributed by atoms with Crippen LogP contribution in [0.3, 0.4) is 0 Å². The highest BCUT2D eigenvalue weighted by Crippen LogP contribution is 2.36. The number of amides is 2. The highest BCUT2D eigenvalue weighted by Gasteiger charge is 2.31. The number of benzene rings is 1. The second-order valence-corrected chi connectivity index (χ2v) is 12.4. The van der Waals surface area contributed by atoms with Gasteiger partial charge in [0.05, 0.1) is 11.6 Å². The molecule has 10 nitrogen and oxygen atoms in total. The highest BCUT2D eigenvalue weighted by molar-refractivity contribution is 6.04. The molecule has 2 aliphatic heterocycles. The SMILES string of the molecule is CCN1CCC(Oc2cccc3nc(NC(=O)c4ccnc(C)c4)n([C@@H]4CCCCN(C(=O)OC(C)(C)C)C4)c23)CC1. The monoisotopic (exact) mass is 576 g/mol. The normalized spacial score (nSPS) is 19.0. The van der Waals surface area contributed by atoms with Gasteiger partial charge in [0.1, 0.15) is 23.0 Å². The Labute approximate surface area is 248 Å². The number of aromatic nitrogens is 3. The number of nitrogens with one attached hydrogen (secondary N) is 1. The number of likely N-dealkylation sites (tertiary alicyclic amines) is 2. The van der Waals surface area contributed by atoms with E-state index < -0.39 is 5.60 Å². The molecule has 2 fully saturated rings. The standard InChI is InChI=1S/C32H44N6O4/c1-6-36-18-14-25(15-19-36)41-27-12-9-11-26-28(27)38(30(34-26)35-29(39)23-13-16-33-22(2)20-23)24-10-7-8-17-37(21-24)31(40)42-32(3,4)5/h9,11-13,16,20,24-25H,6-8,10,14-15,17-19,21H2,1-5H3,(H,34,35,39)/t24-/m1/s1. The molecule has 0 spiro atoms. The maximum Gasteiger partial charge on any atom is 0.410 e. The van der Waals surface area contributed by atoms with Crippen LogP contribution in [0.4, 0.5) is 10.7 Å². The van der Waals surface area contributed by atoms with Crippen LogP contribution in [0.25, 0.3) is 11.0 Å². The number of piperidine rings is 1. The topological polar surface area (TPSA) is 102 Å². The number of rotatable bonds is 6. The van der Waals surface area contributed by atoms with E-state index >= 15 is 0 Å². The summed E-state index contributed by atoms with van der Waals surface area (Å²) in [5, 5.41) is 3.08. The van der Waals surface area contributed by atoms with Crippen LogP contribution < -0.4 is 10.1 Å². The largest absolute Gasteiger partial charge is 0.488 e. The van der Waals surface area contributed by atoms with E-state index in [-0.39, 0.29) is 24.1 Å². The van der Waals surface area contributed by atoms with Crippen LogP contribution in [0.15, 0.2) is 36.5 Å².